The number of hydrogen-bond donors (Lipinski definition) is 0. The van der Waals surface area contributed by atoms with Crippen molar-refractivity contribution in [3.05, 3.63) is 29.3 Å². The fourth-order valence-corrected chi connectivity index (χ4v) is 3.32. The highest BCUT2D eigenvalue weighted by Gasteiger charge is 2.21. The summed E-state index contributed by atoms with van der Waals surface area (Å²) in [5.74, 6) is 1.78. The van der Waals surface area contributed by atoms with Gasteiger partial charge in [-0.2, -0.15) is 0 Å². The number of hydrogen-bond acceptors (Lipinski definition) is 3. The van der Waals surface area contributed by atoms with Gasteiger partial charge in [-0.25, -0.2) is 0 Å². The minimum atomic E-state index is 0.0868. The summed E-state index contributed by atoms with van der Waals surface area (Å²) in [6.45, 7) is 3.79. The van der Waals surface area contributed by atoms with Crippen molar-refractivity contribution in [1.29, 1.82) is 0 Å². The molecule has 1 aromatic carbocycles. The van der Waals surface area contributed by atoms with Crippen molar-refractivity contribution < 1.29 is 14.3 Å². The number of methoxy groups -OCH3 is 1. The summed E-state index contributed by atoms with van der Waals surface area (Å²) in [4.78, 5) is 14.3. The highest BCUT2D eigenvalue weighted by Crippen LogP contribution is 2.35. The molecular weight excluding hydrogens is 290 g/mol. The molecule has 23 heavy (non-hydrogen) atoms. The van der Waals surface area contributed by atoms with Gasteiger partial charge in [0.25, 0.3) is 0 Å². The van der Waals surface area contributed by atoms with E-state index in [1.54, 1.807) is 13.2 Å². The summed E-state index contributed by atoms with van der Waals surface area (Å²) in [6, 6.07) is 4.00. The fourth-order valence-electron chi connectivity index (χ4n) is 3.32. The van der Waals surface area contributed by atoms with Crippen molar-refractivity contribution >= 4 is 12.0 Å². The monoisotopic (exact) mass is 315 g/mol. The van der Waals surface area contributed by atoms with Crippen LogP contribution < -0.4 is 9.47 Å². The molecule has 0 aromatic heterocycles. The third-order valence-corrected chi connectivity index (χ3v) is 4.57. The van der Waals surface area contributed by atoms with Gasteiger partial charge in [0.1, 0.15) is 17.6 Å². The van der Waals surface area contributed by atoms with E-state index in [1.807, 2.05) is 23.1 Å². The summed E-state index contributed by atoms with van der Waals surface area (Å²) in [6.07, 6.45) is 9.27. The molecule has 0 spiro atoms. The highest BCUT2D eigenvalue weighted by atomic mass is 16.5. The zero-order valence-corrected chi connectivity index (χ0v) is 14.0. The van der Waals surface area contributed by atoms with Crippen LogP contribution in [-0.4, -0.2) is 37.1 Å². The maximum absolute atomic E-state index is 12.4. The van der Waals surface area contributed by atoms with Gasteiger partial charge in [0.2, 0.25) is 5.91 Å². The molecule has 3 rings (SSSR count). The van der Waals surface area contributed by atoms with Crippen molar-refractivity contribution in [2.24, 2.45) is 0 Å². The molecule has 1 aromatic rings. The van der Waals surface area contributed by atoms with Gasteiger partial charge in [0.05, 0.1) is 7.11 Å². The molecule has 4 heteroatoms. The van der Waals surface area contributed by atoms with Gasteiger partial charge in [-0.3, -0.25) is 4.79 Å². The van der Waals surface area contributed by atoms with Crippen LogP contribution in [0, 0.1) is 0 Å². The SMILES string of the molecule is COc1cc2c(cc1/C=C/C(=O)N1CCCCCC1)O[C@@H](C)C2. The second-order valence-electron chi connectivity index (χ2n) is 6.41. The van der Waals surface area contributed by atoms with Crippen molar-refractivity contribution in [2.75, 3.05) is 20.2 Å². The predicted molar refractivity (Wildman–Crippen MR) is 90.9 cm³/mol. The average Bonchev–Trinajstić information content (AvgIpc) is 2.75. The highest BCUT2D eigenvalue weighted by molar-refractivity contribution is 5.92. The van der Waals surface area contributed by atoms with E-state index in [4.69, 9.17) is 9.47 Å². The molecule has 0 saturated carbocycles. The Morgan fingerprint density at radius 3 is 2.70 bits per heavy atom. The Kier molecular flexibility index (Phi) is 4.89. The number of carbonyl (C=O) groups excluding carboxylic acids is 1. The van der Waals surface area contributed by atoms with E-state index >= 15 is 0 Å². The minimum absolute atomic E-state index is 0.0868. The predicted octanol–water partition coefficient (Wildman–Crippen LogP) is 3.43. The van der Waals surface area contributed by atoms with Crippen LogP contribution in [0.5, 0.6) is 11.5 Å². The standard InChI is InChI=1S/C19H25NO3/c1-14-11-16-13-17(22-2)15(12-18(16)23-14)7-8-19(21)20-9-5-3-4-6-10-20/h7-8,12-14H,3-6,9-11H2,1-2H3/b8-7+/t14-/m0/s1. The van der Waals surface area contributed by atoms with E-state index in [9.17, 15) is 4.79 Å². The molecule has 0 bridgehead atoms. The van der Waals surface area contributed by atoms with Gasteiger partial charge in [-0.1, -0.05) is 12.8 Å². The maximum Gasteiger partial charge on any atom is 0.246 e. The van der Waals surface area contributed by atoms with Gasteiger partial charge in [-0.05, 0) is 38.0 Å². The molecule has 2 aliphatic heterocycles. The third kappa shape index (κ3) is 3.69. The quantitative estimate of drug-likeness (QED) is 0.802. The van der Waals surface area contributed by atoms with Crippen LogP contribution >= 0.6 is 0 Å². The average molecular weight is 315 g/mol. The number of rotatable bonds is 3. The van der Waals surface area contributed by atoms with Crippen molar-refractivity contribution in [1.82, 2.24) is 4.90 Å². The molecular formula is C19H25NO3. The van der Waals surface area contributed by atoms with E-state index in [0.717, 1.165) is 49.4 Å². The van der Waals surface area contributed by atoms with Crippen LogP contribution in [0.4, 0.5) is 0 Å². The summed E-state index contributed by atoms with van der Waals surface area (Å²) >= 11 is 0. The summed E-state index contributed by atoms with van der Waals surface area (Å²) in [5.41, 5.74) is 2.06. The lowest BCUT2D eigenvalue weighted by Gasteiger charge is -2.18. The topological polar surface area (TPSA) is 38.8 Å². The molecule has 1 saturated heterocycles. The third-order valence-electron chi connectivity index (χ3n) is 4.57. The zero-order valence-electron chi connectivity index (χ0n) is 14.0. The Balaban J connectivity index is 1.76. The maximum atomic E-state index is 12.4. The second kappa shape index (κ2) is 7.07. The number of likely N-dealkylation sites (tertiary alicyclic amines) is 1. The molecule has 1 atom stereocenters. The summed E-state index contributed by atoms with van der Waals surface area (Å²) in [7, 11) is 1.66. The van der Waals surface area contributed by atoms with Gasteiger partial charge < -0.3 is 14.4 Å². The largest absolute Gasteiger partial charge is 0.496 e. The van der Waals surface area contributed by atoms with Crippen LogP contribution in [0.1, 0.15) is 43.7 Å². The summed E-state index contributed by atoms with van der Waals surface area (Å²) < 4.78 is 11.3. The lowest BCUT2D eigenvalue weighted by Crippen LogP contribution is -2.30. The molecule has 1 amide bonds. The van der Waals surface area contributed by atoms with E-state index < -0.39 is 0 Å². The van der Waals surface area contributed by atoms with Crippen LogP contribution in [0.2, 0.25) is 0 Å². The first-order valence-electron chi connectivity index (χ1n) is 8.52. The molecule has 0 radical (unpaired) electrons. The molecule has 2 heterocycles. The first-order valence-corrected chi connectivity index (χ1v) is 8.52. The molecule has 0 aliphatic carbocycles. The number of fused-ring (bicyclic) bond motifs is 1. The molecule has 124 valence electrons. The van der Waals surface area contributed by atoms with E-state index in [1.165, 1.54) is 18.4 Å². The fraction of sp³-hybridized carbons (Fsp3) is 0.526. The lowest BCUT2D eigenvalue weighted by atomic mass is 10.1. The normalized spacial score (nSPS) is 21.0. The molecule has 0 unspecified atom stereocenters. The van der Waals surface area contributed by atoms with Crippen LogP contribution in [0.3, 0.4) is 0 Å². The Morgan fingerprint density at radius 1 is 1.26 bits per heavy atom. The van der Waals surface area contributed by atoms with E-state index in [0.29, 0.717) is 0 Å². The Morgan fingerprint density at radius 2 is 2.00 bits per heavy atom. The van der Waals surface area contributed by atoms with Gasteiger partial charge in [0.15, 0.2) is 0 Å². The van der Waals surface area contributed by atoms with Crippen molar-refractivity contribution in [3.8, 4) is 11.5 Å². The Bertz CT molecular complexity index is 601. The number of nitrogens with zero attached hydrogens (tertiary/aromatic N) is 1. The minimum Gasteiger partial charge on any atom is -0.496 e. The first kappa shape index (κ1) is 15.9. The van der Waals surface area contributed by atoms with Crippen molar-refractivity contribution in [3.63, 3.8) is 0 Å². The Labute approximate surface area is 138 Å². The zero-order chi connectivity index (χ0) is 16.2. The van der Waals surface area contributed by atoms with E-state index in [-0.39, 0.29) is 12.0 Å². The van der Waals surface area contributed by atoms with E-state index in [2.05, 4.69) is 6.92 Å². The first-order chi connectivity index (χ1) is 11.2. The Hall–Kier alpha value is -1.97. The number of amides is 1. The second-order valence-corrected chi connectivity index (χ2v) is 6.41. The molecule has 1 fully saturated rings. The van der Waals surface area contributed by atoms with Crippen LogP contribution in [0.15, 0.2) is 18.2 Å². The van der Waals surface area contributed by atoms with Crippen LogP contribution in [0.25, 0.3) is 6.08 Å². The molecule has 2 aliphatic rings. The van der Waals surface area contributed by atoms with Crippen LogP contribution in [-0.2, 0) is 11.2 Å². The smallest absolute Gasteiger partial charge is 0.246 e. The number of carbonyl (C=O) groups is 1. The molecule has 4 nitrogen and oxygen atoms in total. The lowest BCUT2D eigenvalue weighted by molar-refractivity contribution is -0.125. The molecule has 0 N–H and O–H groups in total. The number of benzene rings is 1. The van der Waals surface area contributed by atoms with Gasteiger partial charge in [-0.15, -0.1) is 0 Å². The van der Waals surface area contributed by atoms with Crippen molar-refractivity contribution in [2.45, 2.75) is 45.1 Å². The number of ether oxygens (including phenoxy) is 2. The summed E-state index contributed by atoms with van der Waals surface area (Å²) in [5, 5.41) is 0. The van der Waals surface area contributed by atoms with Gasteiger partial charge >= 0.3 is 0 Å². The van der Waals surface area contributed by atoms with Gasteiger partial charge in [0, 0.05) is 36.7 Å².